The summed E-state index contributed by atoms with van der Waals surface area (Å²) in [5.41, 5.74) is 0.505. The van der Waals surface area contributed by atoms with E-state index in [-0.39, 0.29) is 34.3 Å². The van der Waals surface area contributed by atoms with Gasteiger partial charge in [-0.2, -0.15) is 0 Å². The Hall–Kier alpha value is -1.95. The van der Waals surface area contributed by atoms with Gasteiger partial charge in [0, 0.05) is 18.2 Å². The lowest BCUT2D eigenvalue weighted by molar-refractivity contribution is -0.385. The van der Waals surface area contributed by atoms with E-state index >= 15 is 0 Å². The molecular weight excluding hydrogens is 270 g/mol. The average Bonchev–Trinajstić information content (AvgIpc) is 3.15. The summed E-state index contributed by atoms with van der Waals surface area (Å²) in [7, 11) is 0. The molecule has 110 valence electrons. The molecule has 1 atom stereocenters. The standard InChI is InChI=1S/C15H17N3O3/c19-14-15(7-8-15)16-13(17(14)11-4-2-5-11)10-3-1-6-12(9-10)18(20)21/h1,3,6,9,11,13,16H,2,4-5,7-8H2. The summed E-state index contributed by atoms with van der Waals surface area (Å²) in [4.78, 5) is 25.2. The number of hydrogen-bond donors (Lipinski definition) is 1. The van der Waals surface area contributed by atoms with Crippen LogP contribution in [0.2, 0.25) is 0 Å². The lowest BCUT2D eigenvalue weighted by Crippen LogP contribution is -2.44. The Morgan fingerprint density at radius 1 is 1.33 bits per heavy atom. The highest BCUT2D eigenvalue weighted by atomic mass is 16.6. The van der Waals surface area contributed by atoms with E-state index in [1.54, 1.807) is 12.1 Å². The number of non-ortho nitro benzene ring substituents is 1. The van der Waals surface area contributed by atoms with Gasteiger partial charge in [0.05, 0.1) is 4.92 Å². The van der Waals surface area contributed by atoms with Gasteiger partial charge in [0.15, 0.2) is 0 Å². The highest BCUT2D eigenvalue weighted by molar-refractivity contribution is 5.92. The van der Waals surface area contributed by atoms with E-state index in [1.807, 2.05) is 11.0 Å². The number of rotatable bonds is 3. The monoisotopic (exact) mass is 287 g/mol. The molecule has 4 rings (SSSR count). The van der Waals surface area contributed by atoms with Gasteiger partial charge in [-0.15, -0.1) is 0 Å². The average molecular weight is 287 g/mol. The molecule has 1 N–H and O–H groups in total. The van der Waals surface area contributed by atoms with Crippen LogP contribution in [0, 0.1) is 10.1 Å². The van der Waals surface area contributed by atoms with Crippen molar-refractivity contribution < 1.29 is 9.72 Å². The van der Waals surface area contributed by atoms with Gasteiger partial charge < -0.3 is 4.90 Å². The number of nitrogens with one attached hydrogen (secondary N) is 1. The maximum Gasteiger partial charge on any atom is 0.269 e. The third-order valence-corrected chi connectivity index (χ3v) is 4.95. The molecule has 3 fully saturated rings. The van der Waals surface area contributed by atoms with Gasteiger partial charge in [-0.3, -0.25) is 20.2 Å². The van der Waals surface area contributed by atoms with E-state index in [0.29, 0.717) is 0 Å². The van der Waals surface area contributed by atoms with Crippen LogP contribution < -0.4 is 5.32 Å². The Bertz CT molecular complexity index is 622. The second-order valence-electron chi connectivity index (χ2n) is 6.28. The summed E-state index contributed by atoms with van der Waals surface area (Å²) in [6.45, 7) is 0. The molecule has 1 aromatic carbocycles. The van der Waals surface area contributed by atoms with Crippen molar-refractivity contribution in [2.45, 2.75) is 49.9 Å². The Morgan fingerprint density at radius 3 is 2.67 bits per heavy atom. The summed E-state index contributed by atoms with van der Waals surface area (Å²) in [5.74, 6) is 0.184. The van der Waals surface area contributed by atoms with Gasteiger partial charge in [-0.1, -0.05) is 12.1 Å². The predicted molar refractivity (Wildman–Crippen MR) is 75.4 cm³/mol. The van der Waals surface area contributed by atoms with Crippen LogP contribution in [0.3, 0.4) is 0 Å². The first kappa shape index (κ1) is 12.8. The minimum atomic E-state index is -0.388. The molecule has 6 heteroatoms. The van der Waals surface area contributed by atoms with Crippen molar-refractivity contribution in [1.29, 1.82) is 0 Å². The molecule has 1 amide bonds. The van der Waals surface area contributed by atoms with Crippen LogP contribution in [0.15, 0.2) is 24.3 Å². The van der Waals surface area contributed by atoms with Crippen molar-refractivity contribution in [3.05, 3.63) is 39.9 Å². The molecule has 1 spiro atoms. The zero-order chi connectivity index (χ0) is 14.6. The topological polar surface area (TPSA) is 75.5 Å². The molecule has 1 aliphatic heterocycles. The highest BCUT2D eigenvalue weighted by Crippen LogP contribution is 2.48. The van der Waals surface area contributed by atoms with Gasteiger partial charge in [0.2, 0.25) is 5.91 Å². The first-order valence-electron chi connectivity index (χ1n) is 7.46. The van der Waals surface area contributed by atoms with Crippen LogP contribution in [-0.4, -0.2) is 27.3 Å². The molecule has 1 heterocycles. The molecule has 0 bridgehead atoms. The maximum absolute atomic E-state index is 12.7. The van der Waals surface area contributed by atoms with E-state index in [0.717, 1.165) is 37.7 Å². The molecule has 2 saturated carbocycles. The first-order valence-corrected chi connectivity index (χ1v) is 7.46. The third kappa shape index (κ3) is 1.86. The van der Waals surface area contributed by atoms with Crippen molar-refractivity contribution in [3.63, 3.8) is 0 Å². The van der Waals surface area contributed by atoms with E-state index in [1.165, 1.54) is 6.07 Å². The smallest absolute Gasteiger partial charge is 0.269 e. The van der Waals surface area contributed by atoms with Crippen LogP contribution >= 0.6 is 0 Å². The molecule has 1 saturated heterocycles. The van der Waals surface area contributed by atoms with E-state index in [9.17, 15) is 14.9 Å². The first-order chi connectivity index (χ1) is 10.1. The van der Waals surface area contributed by atoms with Crippen molar-refractivity contribution in [3.8, 4) is 0 Å². The SMILES string of the molecule is O=C1N(C2CCC2)C(c2cccc([N+](=O)[O-])c2)NC12CC2. The Morgan fingerprint density at radius 2 is 2.10 bits per heavy atom. The number of hydrogen-bond acceptors (Lipinski definition) is 4. The largest absolute Gasteiger partial charge is 0.318 e. The molecular formula is C15H17N3O3. The predicted octanol–water partition coefficient (Wildman–Crippen LogP) is 2.11. The number of nitrogens with zero attached hydrogens (tertiary/aromatic N) is 2. The molecule has 3 aliphatic rings. The van der Waals surface area contributed by atoms with E-state index in [4.69, 9.17) is 0 Å². The molecule has 1 aromatic rings. The summed E-state index contributed by atoms with van der Waals surface area (Å²) >= 11 is 0. The van der Waals surface area contributed by atoms with Crippen LogP contribution in [0.4, 0.5) is 5.69 Å². The van der Waals surface area contributed by atoms with Gasteiger partial charge in [0.1, 0.15) is 11.7 Å². The fraction of sp³-hybridized carbons (Fsp3) is 0.533. The summed E-state index contributed by atoms with van der Waals surface area (Å²) in [6.07, 6.45) is 4.76. The van der Waals surface area contributed by atoms with Gasteiger partial charge in [-0.05, 0) is 37.7 Å². The molecule has 6 nitrogen and oxygen atoms in total. The molecule has 0 radical (unpaired) electrons. The van der Waals surface area contributed by atoms with Crippen LogP contribution in [-0.2, 0) is 4.79 Å². The third-order valence-electron chi connectivity index (χ3n) is 4.95. The van der Waals surface area contributed by atoms with Crippen molar-refractivity contribution in [2.24, 2.45) is 0 Å². The summed E-state index contributed by atoms with van der Waals surface area (Å²) in [5, 5.41) is 14.4. The fourth-order valence-corrected chi connectivity index (χ4v) is 3.33. The van der Waals surface area contributed by atoms with Crippen LogP contribution in [0.25, 0.3) is 0 Å². The Kier molecular flexibility index (Phi) is 2.60. The van der Waals surface area contributed by atoms with Gasteiger partial charge in [0.25, 0.3) is 5.69 Å². The minimum Gasteiger partial charge on any atom is -0.318 e. The number of amides is 1. The van der Waals surface area contributed by atoms with Gasteiger partial charge >= 0.3 is 0 Å². The van der Waals surface area contributed by atoms with Crippen molar-refractivity contribution in [2.75, 3.05) is 0 Å². The van der Waals surface area contributed by atoms with E-state index < -0.39 is 0 Å². The number of nitro benzene ring substituents is 1. The molecule has 1 unspecified atom stereocenters. The number of carbonyl (C=O) groups is 1. The Labute approximate surface area is 122 Å². The number of benzene rings is 1. The normalized spacial score (nSPS) is 27.0. The van der Waals surface area contributed by atoms with E-state index in [2.05, 4.69) is 5.32 Å². The minimum absolute atomic E-state index is 0.0760. The van der Waals surface area contributed by atoms with Gasteiger partial charge in [-0.25, -0.2) is 0 Å². The van der Waals surface area contributed by atoms with Crippen molar-refractivity contribution in [1.82, 2.24) is 10.2 Å². The second-order valence-corrected chi connectivity index (χ2v) is 6.28. The zero-order valence-electron chi connectivity index (χ0n) is 11.6. The number of nitro groups is 1. The van der Waals surface area contributed by atoms with Crippen molar-refractivity contribution >= 4 is 11.6 Å². The zero-order valence-corrected chi connectivity index (χ0v) is 11.6. The molecule has 2 aliphatic carbocycles. The molecule has 21 heavy (non-hydrogen) atoms. The second kappa shape index (κ2) is 4.27. The number of carbonyl (C=O) groups excluding carboxylic acids is 1. The highest BCUT2D eigenvalue weighted by Gasteiger charge is 2.61. The maximum atomic E-state index is 12.7. The van der Waals surface area contributed by atoms with Crippen LogP contribution in [0.5, 0.6) is 0 Å². The fourth-order valence-electron chi connectivity index (χ4n) is 3.33. The summed E-state index contributed by atoms with van der Waals surface area (Å²) < 4.78 is 0. The molecule has 0 aromatic heterocycles. The lowest BCUT2D eigenvalue weighted by atomic mass is 9.90. The van der Waals surface area contributed by atoms with Crippen LogP contribution in [0.1, 0.15) is 43.8 Å². The quantitative estimate of drug-likeness (QED) is 0.682. The lowest BCUT2D eigenvalue weighted by Gasteiger charge is -2.38. The Balaban J connectivity index is 1.70. The summed E-state index contributed by atoms with van der Waals surface area (Å²) in [6, 6.07) is 6.91.